The Morgan fingerprint density at radius 2 is 1.97 bits per heavy atom. The van der Waals surface area contributed by atoms with Gasteiger partial charge in [0.15, 0.2) is 0 Å². The van der Waals surface area contributed by atoms with Crippen LogP contribution in [0.1, 0.15) is 46.5 Å². The molecule has 0 atom stereocenters. The summed E-state index contributed by atoms with van der Waals surface area (Å²) in [5.74, 6) is 0.952. The van der Waals surface area contributed by atoms with Crippen molar-refractivity contribution in [3.05, 3.63) is 24.7 Å². The van der Waals surface area contributed by atoms with Crippen LogP contribution in [0.3, 0.4) is 0 Å². The Labute approximate surface area is 188 Å². The summed E-state index contributed by atoms with van der Waals surface area (Å²) in [5.41, 5.74) is 2.07. The molecule has 9 nitrogen and oxygen atoms in total. The fourth-order valence-corrected chi connectivity index (χ4v) is 4.13. The van der Waals surface area contributed by atoms with Gasteiger partial charge in [-0.15, -0.1) is 0 Å². The molecule has 3 aromatic rings. The van der Waals surface area contributed by atoms with E-state index < -0.39 is 11.7 Å². The SMILES string of the molecule is CN(C(=O)OC(C)(C)C)c1cc2c(cn1)c(-c1cnn(C)c1)nn2CC1CCC(O)CC1. The number of rotatable bonds is 4. The number of carbonyl (C=O) groups excluding carboxylic acids is 1. The van der Waals surface area contributed by atoms with E-state index in [0.717, 1.165) is 54.4 Å². The van der Waals surface area contributed by atoms with Gasteiger partial charge in [-0.3, -0.25) is 14.3 Å². The van der Waals surface area contributed by atoms with Gasteiger partial charge >= 0.3 is 6.09 Å². The first kappa shape index (κ1) is 22.3. The smallest absolute Gasteiger partial charge is 0.415 e. The van der Waals surface area contributed by atoms with Crippen LogP contribution < -0.4 is 4.90 Å². The van der Waals surface area contributed by atoms with Gasteiger partial charge in [-0.05, 0) is 52.4 Å². The molecule has 1 saturated carbocycles. The van der Waals surface area contributed by atoms with Crippen molar-refractivity contribution in [2.75, 3.05) is 11.9 Å². The summed E-state index contributed by atoms with van der Waals surface area (Å²) in [5, 5.41) is 20.0. The lowest BCUT2D eigenvalue weighted by Crippen LogP contribution is -2.34. The molecule has 3 heterocycles. The lowest BCUT2D eigenvalue weighted by molar-refractivity contribution is 0.0588. The van der Waals surface area contributed by atoms with E-state index in [0.29, 0.717) is 11.7 Å². The van der Waals surface area contributed by atoms with Gasteiger partial charge in [-0.2, -0.15) is 10.2 Å². The number of anilines is 1. The van der Waals surface area contributed by atoms with Gasteiger partial charge < -0.3 is 9.84 Å². The van der Waals surface area contributed by atoms with Crippen molar-refractivity contribution in [3.63, 3.8) is 0 Å². The molecule has 0 bridgehead atoms. The molecule has 32 heavy (non-hydrogen) atoms. The molecule has 0 spiro atoms. The Balaban J connectivity index is 1.71. The van der Waals surface area contributed by atoms with Crippen LogP contribution in [0.5, 0.6) is 0 Å². The summed E-state index contributed by atoms with van der Waals surface area (Å²) in [7, 11) is 3.54. The second-order valence-electron chi connectivity index (χ2n) is 9.71. The number of aryl methyl sites for hydroxylation is 1. The minimum Gasteiger partial charge on any atom is -0.443 e. The first-order valence-electron chi connectivity index (χ1n) is 11.1. The lowest BCUT2D eigenvalue weighted by Gasteiger charge is -2.25. The average Bonchev–Trinajstić information content (AvgIpc) is 3.31. The lowest BCUT2D eigenvalue weighted by atomic mass is 9.87. The Morgan fingerprint density at radius 3 is 2.59 bits per heavy atom. The van der Waals surface area contributed by atoms with Crippen LogP contribution in [0.2, 0.25) is 0 Å². The minimum absolute atomic E-state index is 0.190. The Kier molecular flexibility index (Phi) is 5.94. The molecule has 4 rings (SSSR count). The van der Waals surface area contributed by atoms with E-state index >= 15 is 0 Å². The van der Waals surface area contributed by atoms with Gasteiger partial charge in [0.1, 0.15) is 17.1 Å². The molecule has 0 saturated heterocycles. The summed E-state index contributed by atoms with van der Waals surface area (Å²) in [6, 6.07) is 1.89. The monoisotopic (exact) mass is 440 g/mol. The van der Waals surface area contributed by atoms with Crippen molar-refractivity contribution < 1.29 is 14.6 Å². The number of pyridine rings is 1. The number of aliphatic hydroxyl groups excluding tert-OH is 1. The van der Waals surface area contributed by atoms with E-state index in [-0.39, 0.29) is 6.10 Å². The zero-order valence-electron chi connectivity index (χ0n) is 19.4. The number of nitrogens with zero attached hydrogens (tertiary/aromatic N) is 6. The highest BCUT2D eigenvalue weighted by molar-refractivity contribution is 5.95. The Hall–Kier alpha value is -2.94. The van der Waals surface area contributed by atoms with Crippen LogP contribution in [0.15, 0.2) is 24.7 Å². The number of carbonyl (C=O) groups is 1. The molecule has 1 aliphatic rings. The van der Waals surface area contributed by atoms with E-state index in [9.17, 15) is 9.90 Å². The largest absolute Gasteiger partial charge is 0.443 e. The number of hydrogen-bond donors (Lipinski definition) is 1. The Morgan fingerprint density at radius 1 is 1.25 bits per heavy atom. The highest BCUT2D eigenvalue weighted by Crippen LogP contribution is 2.32. The second-order valence-corrected chi connectivity index (χ2v) is 9.71. The molecular formula is C23H32N6O3. The van der Waals surface area contributed by atoms with Gasteiger partial charge in [0, 0.05) is 50.0 Å². The van der Waals surface area contributed by atoms with Crippen LogP contribution >= 0.6 is 0 Å². The fraction of sp³-hybridized carbons (Fsp3) is 0.565. The maximum atomic E-state index is 12.6. The van der Waals surface area contributed by atoms with E-state index in [1.165, 1.54) is 4.90 Å². The zero-order valence-corrected chi connectivity index (χ0v) is 19.4. The third kappa shape index (κ3) is 4.77. The van der Waals surface area contributed by atoms with Gasteiger partial charge in [-0.25, -0.2) is 9.78 Å². The van der Waals surface area contributed by atoms with E-state index in [1.807, 2.05) is 44.8 Å². The van der Waals surface area contributed by atoms with Gasteiger partial charge in [0.25, 0.3) is 0 Å². The highest BCUT2D eigenvalue weighted by Gasteiger charge is 2.25. The number of hydrogen-bond acceptors (Lipinski definition) is 6. The summed E-state index contributed by atoms with van der Waals surface area (Å²) in [4.78, 5) is 18.5. The van der Waals surface area contributed by atoms with Crippen LogP contribution in [-0.4, -0.2) is 54.5 Å². The predicted octanol–water partition coefficient (Wildman–Crippen LogP) is 3.75. The molecular weight excluding hydrogens is 408 g/mol. The van der Waals surface area contributed by atoms with Gasteiger partial charge in [-0.1, -0.05) is 0 Å². The van der Waals surface area contributed by atoms with Crippen molar-refractivity contribution in [2.45, 2.75) is 64.7 Å². The fourth-order valence-electron chi connectivity index (χ4n) is 4.13. The number of amides is 1. The summed E-state index contributed by atoms with van der Waals surface area (Å²) in [6.07, 6.45) is 8.45. The summed E-state index contributed by atoms with van der Waals surface area (Å²) in [6.45, 7) is 6.27. The predicted molar refractivity (Wildman–Crippen MR) is 122 cm³/mol. The van der Waals surface area contributed by atoms with Crippen LogP contribution in [0.25, 0.3) is 22.2 Å². The normalized spacial score (nSPS) is 19.3. The van der Waals surface area contributed by atoms with Crippen LogP contribution in [0, 0.1) is 5.92 Å². The van der Waals surface area contributed by atoms with Crippen molar-refractivity contribution in [1.82, 2.24) is 24.5 Å². The summed E-state index contributed by atoms with van der Waals surface area (Å²) < 4.78 is 9.25. The molecule has 1 N–H and O–H groups in total. The first-order chi connectivity index (χ1) is 15.1. The molecule has 9 heteroatoms. The van der Waals surface area contributed by atoms with E-state index in [4.69, 9.17) is 9.84 Å². The number of ether oxygens (including phenoxy) is 1. The number of aromatic nitrogens is 5. The van der Waals surface area contributed by atoms with Crippen LogP contribution in [-0.2, 0) is 18.3 Å². The maximum absolute atomic E-state index is 12.6. The zero-order chi connectivity index (χ0) is 23.0. The van der Waals surface area contributed by atoms with Crippen molar-refractivity contribution in [3.8, 4) is 11.3 Å². The molecule has 172 valence electrons. The Bertz CT molecular complexity index is 1100. The number of aliphatic hydroxyl groups is 1. The topological polar surface area (TPSA) is 98.3 Å². The molecule has 0 unspecified atom stereocenters. The molecule has 3 aromatic heterocycles. The molecule has 0 aliphatic heterocycles. The van der Waals surface area contributed by atoms with Crippen molar-refractivity contribution >= 4 is 22.8 Å². The molecule has 0 radical (unpaired) electrons. The van der Waals surface area contributed by atoms with E-state index in [1.54, 1.807) is 24.1 Å². The van der Waals surface area contributed by atoms with Crippen LogP contribution in [0.4, 0.5) is 10.6 Å². The average molecular weight is 441 g/mol. The third-order valence-electron chi connectivity index (χ3n) is 5.86. The maximum Gasteiger partial charge on any atom is 0.415 e. The second kappa shape index (κ2) is 8.54. The van der Waals surface area contributed by atoms with Crippen molar-refractivity contribution in [1.29, 1.82) is 0 Å². The standard InChI is InChI=1S/C23H32N6O3/c1-23(2,3)32-22(31)28(5)20-10-19-18(12-24-20)21(16-11-25-27(4)14-16)26-29(19)13-15-6-8-17(30)9-7-15/h10-12,14-15,17,30H,6-9,13H2,1-5H3. The molecule has 1 amide bonds. The van der Waals surface area contributed by atoms with E-state index in [2.05, 4.69) is 10.1 Å². The molecule has 1 fully saturated rings. The third-order valence-corrected chi connectivity index (χ3v) is 5.86. The number of fused-ring (bicyclic) bond motifs is 1. The highest BCUT2D eigenvalue weighted by atomic mass is 16.6. The van der Waals surface area contributed by atoms with Gasteiger partial charge in [0.05, 0.1) is 17.8 Å². The minimum atomic E-state index is -0.587. The molecule has 0 aromatic carbocycles. The van der Waals surface area contributed by atoms with Gasteiger partial charge in [0.2, 0.25) is 0 Å². The first-order valence-corrected chi connectivity index (χ1v) is 11.1. The van der Waals surface area contributed by atoms with Crippen molar-refractivity contribution in [2.24, 2.45) is 13.0 Å². The quantitative estimate of drug-likeness (QED) is 0.663. The summed E-state index contributed by atoms with van der Waals surface area (Å²) >= 11 is 0. The molecule has 1 aliphatic carbocycles.